The van der Waals surface area contributed by atoms with E-state index < -0.39 is 5.41 Å². The van der Waals surface area contributed by atoms with Gasteiger partial charge in [-0.3, -0.25) is 9.48 Å². The zero-order valence-corrected chi connectivity index (χ0v) is 13.2. The van der Waals surface area contributed by atoms with Crippen LogP contribution in [0.3, 0.4) is 0 Å². The van der Waals surface area contributed by atoms with Crippen molar-refractivity contribution in [3.63, 3.8) is 0 Å². The molecule has 0 aliphatic rings. The van der Waals surface area contributed by atoms with Gasteiger partial charge in [0.25, 0.3) is 0 Å². The fraction of sp³-hybridized carbons (Fsp3) is 0.333. The van der Waals surface area contributed by atoms with Gasteiger partial charge in [-0.25, -0.2) is 4.39 Å². The molecule has 5 heteroatoms. The van der Waals surface area contributed by atoms with Crippen molar-refractivity contribution in [1.82, 2.24) is 9.78 Å². The number of nitrogens with zero attached hydrogens (tertiary/aromatic N) is 2. The lowest BCUT2D eigenvalue weighted by Gasteiger charge is -2.24. The highest BCUT2D eigenvalue weighted by atomic mass is 79.9. The highest BCUT2D eigenvalue weighted by Crippen LogP contribution is 2.30. The molecule has 2 rings (SSSR count). The van der Waals surface area contributed by atoms with E-state index in [2.05, 4.69) is 21.0 Å². The summed E-state index contributed by atoms with van der Waals surface area (Å²) < 4.78 is 15.4. The van der Waals surface area contributed by atoms with Gasteiger partial charge in [0.05, 0.1) is 16.1 Å². The average molecular weight is 339 g/mol. The maximum Gasteiger partial charge on any atom is 0.191 e. The predicted molar refractivity (Wildman–Crippen MR) is 79.4 cm³/mol. The minimum atomic E-state index is -0.747. The zero-order chi connectivity index (χ0) is 14.9. The van der Waals surface area contributed by atoms with Gasteiger partial charge in [0.2, 0.25) is 0 Å². The molecule has 0 spiro atoms. The van der Waals surface area contributed by atoms with Gasteiger partial charge in [0.1, 0.15) is 11.5 Å². The largest absolute Gasteiger partial charge is 0.291 e. The lowest BCUT2D eigenvalue weighted by atomic mass is 9.79. The van der Waals surface area contributed by atoms with Crippen LogP contribution < -0.4 is 0 Å². The Morgan fingerprint density at radius 1 is 1.35 bits per heavy atom. The number of carbonyl (C=O) groups excluding carboxylic acids is 1. The maximum absolute atomic E-state index is 13.0. The molecule has 106 valence electrons. The molecule has 0 N–H and O–H groups in total. The van der Waals surface area contributed by atoms with Gasteiger partial charge in [0.15, 0.2) is 5.78 Å². The number of hydrogen-bond acceptors (Lipinski definition) is 2. The second-order valence-electron chi connectivity index (χ2n) is 5.12. The third-order valence-corrected chi connectivity index (χ3v) is 4.02. The molecular formula is C15H16BrFN2O. The van der Waals surface area contributed by atoms with Crippen molar-refractivity contribution in [3.8, 4) is 0 Å². The van der Waals surface area contributed by atoms with Crippen molar-refractivity contribution in [1.29, 1.82) is 0 Å². The molecule has 0 radical (unpaired) electrons. The number of rotatable bonds is 4. The van der Waals surface area contributed by atoms with Crippen molar-refractivity contribution in [2.75, 3.05) is 0 Å². The Balaban J connectivity index is 2.45. The minimum absolute atomic E-state index is 0.0460. The Morgan fingerprint density at radius 3 is 2.50 bits per heavy atom. The second-order valence-corrected chi connectivity index (χ2v) is 5.97. The van der Waals surface area contributed by atoms with Gasteiger partial charge >= 0.3 is 0 Å². The standard InChI is InChI=1S/C15H16BrFN2O/c1-4-19-13(12(16)9-18-19)14(20)15(2,3)10-5-7-11(17)8-6-10/h5-9H,4H2,1-3H3. The molecule has 20 heavy (non-hydrogen) atoms. The molecule has 0 unspecified atom stereocenters. The number of aryl methyl sites for hydroxylation is 1. The number of aromatic nitrogens is 2. The second kappa shape index (κ2) is 5.48. The van der Waals surface area contributed by atoms with Crippen LogP contribution in [0.5, 0.6) is 0 Å². The molecule has 0 atom stereocenters. The van der Waals surface area contributed by atoms with Crippen LogP contribution in [0.15, 0.2) is 34.9 Å². The Labute approximate surface area is 125 Å². The molecule has 0 aliphatic carbocycles. The van der Waals surface area contributed by atoms with Crippen LogP contribution in [0.2, 0.25) is 0 Å². The monoisotopic (exact) mass is 338 g/mol. The first-order valence-corrected chi connectivity index (χ1v) is 7.19. The number of benzene rings is 1. The average Bonchev–Trinajstić information content (AvgIpc) is 2.79. The first-order chi connectivity index (χ1) is 9.37. The van der Waals surface area contributed by atoms with Crippen molar-refractivity contribution < 1.29 is 9.18 Å². The molecule has 0 bridgehead atoms. The molecule has 0 fully saturated rings. The molecule has 0 amide bonds. The predicted octanol–water partition coefficient (Wildman–Crippen LogP) is 3.97. The van der Waals surface area contributed by atoms with E-state index in [1.807, 2.05) is 20.8 Å². The van der Waals surface area contributed by atoms with E-state index in [0.29, 0.717) is 16.7 Å². The quantitative estimate of drug-likeness (QED) is 0.790. The minimum Gasteiger partial charge on any atom is -0.291 e. The number of carbonyl (C=O) groups is 1. The number of ketones is 1. The Morgan fingerprint density at radius 2 is 1.95 bits per heavy atom. The van der Waals surface area contributed by atoms with Crippen LogP contribution in [0.1, 0.15) is 36.8 Å². The van der Waals surface area contributed by atoms with Crippen molar-refractivity contribution >= 4 is 21.7 Å². The Kier molecular flexibility index (Phi) is 4.09. The summed E-state index contributed by atoms with van der Waals surface area (Å²) >= 11 is 3.37. The summed E-state index contributed by atoms with van der Waals surface area (Å²) in [5.41, 5.74) is 0.574. The topological polar surface area (TPSA) is 34.9 Å². The van der Waals surface area contributed by atoms with Crippen molar-refractivity contribution in [2.24, 2.45) is 0 Å². The molecule has 0 saturated heterocycles. The van der Waals surface area contributed by atoms with Gasteiger partial charge < -0.3 is 0 Å². The Hall–Kier alpha value is -1.49. The zero-order valence-electron chi connectivity index (χ0n) is 11.7. The lowest BCUT2D eigenvalue weighted by Crippen LogP contribution is -2.31. The summed E-state index contributed by atoms with van der Waals surface area (Å²) in [5, 5.41) is 4.17. The van der Waals surface area contributed by atoms with E-state index in [0.717, 1.165) is 5.56 Å². The summed E-state index contributed by atoms with van der Waals surface area (Å²) in [6.07, 6.45) is 1.62. The van der Waals surface area contributed by atoms with Crippen molar-refractivity contribution in [3.05, 3.63) is 52.0 Å². The van der Waals surface area contributed by atoms with Crippen LogP contribution in [0, 0.1) is 5.82 Å². The summed E-state index contributed by atoms with van der Waals surface area (Å²) in [4.78, 5) is 12.8. The van der Waals surface area contributed by atoms with E-state index in [-0.39, 0.29) is 11.6 Å². The van der Waals surface area contributed by atoms with E-state index in [4.69, 9.17) is 0 Å². The first-order valence-electron chi connectivity index (χ1n) is 6.40. The third-order valence-electron chi connectivity index (χ3n) is 3.44. The molecular weight excluding hydrogens is 323 g/mol. The first kappa shape index (κ1) is 14.9. The number of halogens is 2. The van der Waals surface area contributed by atoms with Crippen LogP contribution >= 0.6 is 15.9 Å². The van der Waals surface area contributed by atoms with Gasteiger partial charge in [-0.15, -0.1) is 0 Å². The number of hydrogen-bond donors (Lipinski definition) is 0. The van der Waals surface area contributed by atoms with E-state index in [1.54, 1.807) is 23.0 Å². The van der Waals surface area contributed by atoms with Crippen molar-refractivity contribution in [2.45, 2.75) is 32.7 Å². The number of Topliss-reactive ketones (excluding diaryl/α,β-unsaturated/α-hetero) is 1. The fourth-order valence-corrected chi connectivity index (χ4v) is 2.60. The SMILES string of the molecule is CCn1ncc(Br)c1C(=O)C(C)(C)c1ccc(F)cc1. The molecule has 2 aromatic rings. The summed E-state index contributed by atoms with van der Waals surface area (Å²) in [5.74, 6) is -0.355. The van der Waals surface area contributed by atoms with E-state index >= 15 is 0 Å². The van der Waals surface area contributed by atoms with E-state index in [9.17, 15) is 9.18 Å². The summed E-state index contributed by atoms with van der Waals surface area (Å²) in [7, 11) is 0. The van der Waals surface area contributed by atoms with Gasteiger partial charge in [-0.1, -0.05) is 12.1 Å². The van der Waals surface area contributed by atoms with Crippen LogP contribution in [-0.2, 0) is 12.0 Å². The molecule has 0 saturated carbocycles. The Bertz CT molecular complexity index is 632. The smallest absolute Gasteiger partial charge is 0.191 e. The highest BCUT2D eigenvalue weighted by molar-refractivity contribution is 9.10. The summed E-state index contributed by atoms with van der Waals surface area (Å²) in [6.45, 7) is 6.22. The maximum atomic E-state index is 13.0. The normalized spacial score (nSPS) is 11.7. The van der Waals surface area contributed by atoms with Gasteiger partial charge in [-0.05, 0) is 54.4 Å². The van der Waals surface area contributed by atoms with Crippen LogP contribution in [-0.4, -0.2) is 15.6 Å². The summed E-state index contributed by atoms with van der Waals surface area (Å²) in [6, 6.07) is 6.04. The van der Waals surface area contributed by atoms with Crippen LogP contribution in [0.25, 0.3) is 0 Å². The van der Waals surface area contributed by atoms with Gasteiger partial charge in [-0.2, -0.15) is 5.10 Å². The molecule has 1 aromatic heterocycles. The van der Waals surface area contributed by atoms with Gasteiger partial charge in [0, 0.05) is 6.54 Å². The fourth-order valence-electron chi connectivity index (χ4n) is 2.12. The molecule has 1 heterocycles. The third kappa shape index (κ3) is 2.54. The molecule has 3 nitrogen and oxygen atoms in total. The van der Waals surface area contributed by atoms with Crippen LogP contribution in [0.4, 0.5) is 4.39 Å². The van der Waals surface area contributed by atoms with E-state index in [1.165, 1.54) is 12.1 Å². The molecule has 1 aromatic carbocycles. The highest BCUT2D eigenvalue weighted by Gasteiger charge is 2.34. The molecule has 0 aliphatic heterocycles. The lowest BCUT2D eigenvalue weighted by molar-refractivity contribution is 0.0896.